The average molecular weight is 368 g/mol. The fourth-order valence-corrected chi connectivity index (χ4v) is 2.55. The lowest BCUT2D eigenvalue weighted by molar-refractivity contribution is 0.573. The predicted molar refractivity (Wildman–Crippen MR) is 81.8 cm³/mol. The van der Waals surface area contributed by atoms with Crippen LogP contribution >= 0.6 is 28.1 Å². The lowest BCUT2D eigenvalue weighted by atomic mass is 10.2. The van der Waals surface area contributed by atoms with E-state index in [9.17, 15) is 8.78 Å². The molecule has 0 atom stereocenters. The summed E-state index contributed by atoms with van der Waals surface area (Å²) in [5, 5.41) is 6.76. The molecule has 0 aliphatic heterocycles. The van der Waals surface area contributed by atoms with E-state index in [0.717, 1.165) is 11.6 Å². The number of aromatic nitrogens is 3. The van der Waals surface area contributed by atoms with E-state index < -0.39 is 11.6 Å². The first-order chi connectivity index (χ1) is 10.1. The Labute approximate surface area is 132 Å². The molecule has 106 valence electrons. The Morgan fingerprint density at radius 2 is 1.81 bits per heavy atom. The number of nitrogens with one attached hydrogen (secondary N) is 1. The minimum atomic E-state index is -0.717. The fourth-order valence-electron chi connectivity index (χ4n) is 1.98. The first-order valence-electron chi connectivity index (χ1n) is 5.95. The second-order valence-corrected chi connectivity index (χ2v) is 5.51. The molecule has 3 nitrogen and oxygen atoms in total. The summed E-state index contributed by atoms with van der Waals surface area (Å²) in [6.07, 6.45) is 0. The SMILES string of the molecule is Fc1cc(F)c(-n2c(-c3ccccc3)n[nH]c2=S)cc1Br. The Balaban J connectivity index is 2.27. The summed E-state index contributed by atoms with van der Waals surface area (Å²) < 4.78 is 29.3. The first-order valence-corrected chi connectivity index (χ1v) is 7.16. The van der Waals surface area contributed by atoms with Crippen molar-refractivity contribution in [3.8, 4) is 17.1 Å². The molecule has 0 aliphatic carbocycles. The van der Waals surface area contributed by atoms with Crippen LogP contribution < -0.4 is 0 Å². The van der Waals surface area contributed by atoms with Crippen molar-refractivity contribution in [1.82, 2.24) is 14.8 Å². The van der Waals surface area contributed by atoms with Gasteiger partial charge in [0.05, 0.1) is 10.2 Å². The average Bonchev–Trinajstić information content (AvgIpc) is 2.85. The molecule has 0 amide bonds. The number of aromatic amines is 1. The molecule has 0 spiro atoms. The molecule has 21 heavy (non-hydrogen) atoms. The van der Waals surface area contributed by atoms with Gasteiger partial charge in [-0.25, -0.2) is 8.78 Å². The van der Waals surface area contributed by atoms with Gasteiger partial charge in [-0.05, 0) is 34.2 Å². The van der Waals surface area contributed by atoms with Crippen molar-refractivity contribution >= 4 is 28.1 Å². The van der Waals surface area contributed by atoms with Crippen molar-refractivity contribution in [1.29, 1.82) is 0 Å². The monoisotopic (exact) mass is 367 g/mol. The van der Waals surface area contributed by atoms with Gasteiger partial charge < -0.3 is 0 Å². The zero-order valence-electron chi connectivity index (χ0n) is 10.5. The minimum Gasteiger partial charge on any atom is -0.265 e. The van der Waals surface area contributed by atoms with Crippen molar-refractivity contribution in [2.45, 2.75) is 0 Å². The molecule has 2 aromatic carbocycles. The van der Waals surface area contributed by atoms with E-state index in [-0.39, 0.29) is 14.9 Å². The number of halogens is 3. The van der Waals surface area contributed by atoms with Crippen molar-refractivity contribution in [3.05, 3.63) is 63.3 Å². The van der Waals surface area contributed by atoms with Crippen molar-refractivity contribution in [2.75, 3.05) is 0 Å². The standard InChI is InChI=1S/C14H8BrF2N3S/c15-9-6-12(11(17)7-10(9)16)20-13(18-19-14(20)21)8-4-2-1-3-5-8/h1-7H,(H,19,21). The topological polar surface area (TPSA) is 33.6 Å². The molecule has 0 saturated carbocycles. The minimum absolute atomic E-state index is 0.126. The van der Waals surface area contributed by atoms with E-state index in [2.05, 4.69) is 26.1 Å². The number of hydrogen-bond acceptors (Lipinski definition) is 2. The third-order valence-corrected chi connectivity index (χ3v) is 3.82. The van der Waals surface area contributed by atoms with Gasteiger partial charge in [-0.1, -0.05) is 30.3 Å². The van der Waals surface area contributed by atoms with Crippen molar-refractivity contribution < 1.29 is 8.78 Å². The lowest BCUT2D eigenvalue weighted by Gasteiger charge is -2.09. The molecule has 0 unspecified atom stereocenters. The van der Waals surface area contributed by atoms with Gasteiger partial charge in [-0.15, -0.1) is 0 Å². The number of hydrogen-bond donors (Lipinski definition) is 1. The summed E-state index contributed by atoms with van der Waals surface area (Å²) in [5.74, 6) is -0.934. The van der Waals surface area contributed by atoms with Crippen LogP contribution in [-0.2, 0) is 0 Å². The van der Waals surface area contributed by atoms with Gasteiger partial charge in [0.2, 0.25) is 0 Å². The van der Waals surface area contributed by atoms with Crippen LogP contribution in [0.25, 0.3) is 17.1 Å². The summed E-state index contributed by atoms with van der Waals surface area (Å²) in [6, 6.07) is 11.4. The number of rotatable bonds is 2. The van der Waals surface area contributed by atoms with E-state index in [1.165, 1.54) is 10.6 Å². The molecular weight excluding hydrogens is 360 g/mol. The zero-order valence-corrected chi connectivity index (χ0v) is 12.9. The van der Waals surface area contributed by atoms with E-state index in [1.807, 2.05) is 30.3 Å². The van der Waals surface area contributed by atoms with E-state index in [0.29, 0.717) is 5.82 Å². The molecular formula is C14H8BrF2N3S. The number of H-pyrrole nitrogens is 1. The fraction of sp³-hybridized carbons (Fsp3) is 0. The van der Waals surface area contributed by atoms with Crippen LogP contribution in [0.4, 0.5) is 8.78 Å². The predicted octanol–water partition coefficient (Wildman–Crippen LogP) is 4.64. The molecule has 1 aromatic heterocycles. The van der Waals surface area contributed by atoms with Gasteiger partial charge in [-0.2, -0.15) is 5.10 Å². The van der Waals surface area contributed by atoms with Crippen molar-refractivity contribution in [3.63, 3.8) is 0 Å². The quantitative estimate of drug-likeness (QED) is 0.528. The highest BCUT2D eigenvalue weighted by atomic mass is 79.9. The maximum atomic E-state index is 14.1. The third-order valence-electron chi connectivity index (χ3n) is 2.93. The highest BCUT2D eigenvalue weighted by molar-refractivity contribution is 9.10. The Hall–Kier alpha value is -1.86. The maximum Gasteiger partial charge on any atom is 0.200 e. The van der Waals surface area contributed by atoms with Crippen LogP contribution in [-0.4, -0.2) is 14.8 Å². The largest absolute Gasteiger partial charge is 0.265 e. The summed E-state index contributed by atoms with van der Waals surface area (Å²) in [5.41, 5.74) is 0.894. The maximum absolute atomic E-state index is 14.1. The molecule has 0 saturated heterocycles. The molecule has 0 bridgehead atoms. The first kappa shape index (κ1) is 14.1. The molecule has 7 heteroatoms. The number of nitrogens with zero attached hydrogens (tertiary/aromatic N) is 2. The highest BCUT2D eigenvalue weighted by Crippen LogP contribution is 2.27. The van der Waals surface area contributed by atoms with Crippen LogP contribution in [0.15, 0.2) is 46.9 Å². The van der Waals surface area contributed by atoms with Crippen LogP contribution in [0.5, 0.6) is 0 Å². The summed E-state index contributed by atoms with van der Waals surface area (Å²) in [4.78, 5) is 0. The van der Waals surface area contributed by atoms with Gasteiger partial charge in [0, 0.05) is 11.6 Å². The molecule has 3 rings (SSSR count). The van der Waals surface area contributed by atoms with E-state index >= 15 is 0 Å². The van der Waals surface area contributed by atoms with Crippen LogP contribution in [0.3, 0.4) is 0 Å². The van der Waals surface area contributed by atoms with Gasteiger partial charge in [0.1, 0.15) is 11.6 Å². The second-order valence-electron chi connectivity index (χ2n) is 4.27. The highest BCUT2D eigenvalue weighted by Gasteiger charge is 2.16. The summed E-state index contributed by atoms with van der Waals surface area (Å²) >= 11 is 8.21. The van der Waals surface area contributed by atoms with Crippen molar-refractivity contribution in [2.24, 2.45) is 0 Å². The molecule has 3 aromatic rings. The summed E-state index contributed by atoms with van der Waals surface area (Å²) in [7, 11) is 0. The van der Waals surface area contributed by atoms with Crippen LogP contribution in [0, 0.1) is 16.4 Å². The Morgan fingerprint density at radius 3 is 2.52 bits per heavy atom. The molecule has 0 fully saturated rings. The van der Waals surface area contributed by atoms with Gasteiger partial charge in [-0.3, -0.25) is 9.67 Å². The molecule has 0 radical (unpaired) electrons. The van der Waals surface area contributed by atoms with Crippen LogP contribution in [0.1, 0.15) is 0 Å². The van der Waals surface area contributed by atoms with E-state index in [1.54, 1.807) is 0 Å². The van der Waals surface area contributed by atoms with Gasteiger partial charge >= 0.3 is 0 Å². The van der Waals surface area contributed by atoms with E-state index in [4.69, 9.17) is 12.2 Å². The Kier molecular flexibility index (Phi) is 3.69. The third kappa shape index (κ3) is 2.54. The zero-order chi connectivity index (χ0) is 15.0. The van der Waals surface area contributed by atoms with Crippen LogP contribution in [0.2, 0.25) is 0 Å². The second kappa shape index (κ2) is 5.50. The Bertz CT molecular complexity index is 858. The smallest absolute Gasteiger partial charge is 0.200 e. The normalized spacial score (nSPS) is 10.8. The molecule has 1 N–H and O–H groups in total. The van der Waals surface area contributed by atoms with Gasteiger partial charge in [0.15, 0.2) is 10.6 Å². The Morgan fingerprint density at radius 1 is 1.10 bits per heavy atom. The number of benzene rings is 2. The molecule has 0 aliphatic rings. The lowest BCUT2D eigenvalue weighted by Crippen LogP contribution is -2.02. The molecule has 1 heterocycles. The summed E-state index contributed by atoms with van der Waals surface area (Å²) in [6.45, 7) is 0. The van der Waals surface area contributed by atoms with Gasteiger partial charge in [0.25, 0.3) is 0 Å².